The third kappa shape index (κ3) is 5.50. The molecule has 1 aromatic carbocycles. The van der Waals surface area contributed by atoms with Crippen LogP contribution in [0.4, 0.5) is 0 Å². The molecule has 0 N–H and O–H groups in total. The Hall–Kier alpha value is -1.90. The number of piperidine rings is 1. The fraction of sp³-hybridized carbons (Fsp3) is 0.600. The highest BCUT2D eigenvalue weighted by atomic mass is 35.5. The van der Waals surface area contributed by atoms with E-state index in [1.54, 1.807) is 17.1 Å². The summed E-state index contributed by atoms with van der Waals surface area (Å²) in [5, 5.41) is 0. The lowest BCUT2D eigenvalue weighted by molar-refractivity contribution is -0.131. The van der Waals surface area contributed by atoms with Gasteiger partial charge in [0.15, 0.2) is 0 Å². The normalized spacial score (nSPS) is 25.8. The van der Waals surface area contributed by atoms with Gasteiger partial charge in [0, 0.05) is 19.2 Å². The van der Waals surface area contributed by atoms with Crippen LogP contribution in [0.15, 0.2) is 30.3 Å². The second-order valence-corrected chi connectivity index (χ2v) is 11.8. The summed E-state index contributed by atoms with van der Waals surface area (Å²) in [6, 6.07) is 7.40. The van der Waals surface area contributed by atoms with Gasteiger partial charge in [0.2, 0.25) is 21.8 Å². The number of fused-ring (bicyclic) bond motifs is 1. The summed E-state index contributed by atoms with van der Waals surface area (Å²) in [6.45, 7) is 7.55. The first-order valence-corrected chi connectivity index (χ1v) is 13.8. The van der Waals surface area contributed by atoms with Crippen molar-refractivity contribution in [1.29, 1.82) is 0 Å². The van der Waals surface area contributed by atoms with E-state index >= 15 is 0 Å². The number of halogens is 1. The van der Waals surface area contributed by atoms with E-state index in [4.69, 9.17) is 0 Å². The van der Waals surface area contributed by atoms with Crippen molar-refractivity contribution >= 4 is 40.3 Å². The SMILES string of the molecule is CC(C)[C@H]1C(=O)N(S(C)(=O)=O)[C@H]2CCN(C(=O)/C=C/c3ccc(CN4CCCCC4)cc3)[C@H]12.Cl. The van der Waals surface area contributed by atoms with E-state index in [9.17, 15) is 18.0 Å². The van der Waals surface area contributed by atoms with Crippen molar-refractivity contribution in [3.63, 3.8) is 0 Å². The molecule has 0 bridgehead atoms. The Labute approximate surface area is 209 Å². The molecule has 7 nitrogen and oxygen atoms in total. The minimum absolute atomic E-state index is 0. The first-order chi connectivity index (χ1) is 15.7. The molecule has 34 heavy (non-hydrogen) atoms. The third-order valence-electron chi connectivity index (χ3n) is 7.20. The van der Waals surface area contributed by atoms with Gasteiger partial charge >= 0.3 is 0 Å². The van der Waals surface area contributed by atoms with Gasteiger partial charge in [-0.05, 0) is 55.5 Å². The van der Waals surface area contributed by atoms with E-state index < -0.39 is 28.0 Å². The summed E-state index contributed by atoms with van der Waals surface area (Å²) in [5.41, 5.74) is 2.22. The molecular weight excluding hydrogens is 474 g/mol. The highest BCUT2D eigenvalue weighted by Crippen LogP contribution is 2.41. The molecule has 0 radical (unpaired) electrons. The fourth-order valence-electron chi connectivity index (χ4n) is 5.66. The summed E-state index contributed by atoms with van der Waals surface area (Å²) in [5.74, 6) is -1.11. The number of amides is 2. The van der Waals surface area contributed by atoms with Crippen LogP contribution in [0.5, 0.6) is 0 Å². The average Bonchev–Trinajstić information content (AvgIpc) is 3.29. The van der Waals surface area contributed by atoms with Gasteiger partial charge in [-0.2, -0.15) is 0 Å². The monoisotopic (exact) mass is 509 g/mol. The second kappa shape index (κ2) is 10.8. The number of hydrogen-bond donors (Lipinski definition) is 0. The van der Waals surface area contributed by atoms with Crippen molar-refractivity contribution in [3.05, 3.63) is 41.5 Å². The minimum atomic E-state index is -3.67. The molecule has 0 unspecified atom stereocenters. The maximum atomic E-state index is 13.1. The van der Waals surface area contributed by atoms with Crippen LogP contribution < -0.4 is 0 Å². The van der Waals surface area contributed by atoms with Crippen LogP contribution in [0.3, 0.4) is 0 Å². The maximum absolute atomic E-state index is 13.1. The van der Waals surface area contributed by atoms with E-state index in [0.29, 0.717) is 13.0 Å². The Morgan fingerprint density at radius 3 is 2.32 bits per heavy atom. The highest BCUT2D eigenvalue weighted by Gasteiger charge is 2.58. The van der Waals surface area contributed by atoms with Crippen LogP contribution in [0, 0.1) is 11.8 Å². The number of carbonyl (C=O) groups excluding carboxylic acids is 2. The summed E-state index contributed by atoms with van der Waals surface area (Å²) in [4.78, 5) is 30.2. The number of carbonyl (C=O) groups is 2. The third-order valence-corrected chi connectivity index (χ3v) is 8.37. The summed E-state index contributed by atoms with van der Waals surface area (Å²) in [7, 11) is -3.67. The Morgan fingerprint density at radius 2 is 1.74 bits per heavy atom. The maximum Gasteiger partial charge on any atom is 0.246 e. The van der Waals surface area contributed by atoms with Crippen molar-refractivity contribution in [2.75, 3.05) is 25.9 Å². The van der Waals surface area contributed by atoms with Crippen molar-refractivity contribution < 1.29 is 18.0 Å². The van der Waals surface area contributed by atoms with E-state index in [2.05, 4.69) is 17.0 Å². The molecule has 1 aromatic rings. The van der Waals surface area contributed by atoms with Gasteiger partial charge in [-0.25, -0.2) is 12.7 Å². The van der Waals surface area contributed by atoms with E-state index in [1.165, 1.54) is 24.8 Å². The number of sulfonamides is 1. The largest absolute Gasteiger partial charge is 0.333 e. The molecule has 4 rings (SSSR count). The van der Waals surface area contributed by atoms with Gasteiger partial charge in [0.1, 0.15) is 0 Å². The summed E-state index contributed by atoms with van der Waals surface area (Å²) >= 11 is 0. The van der Waals surface area contributed by atoms with Crippen molar-refractivity contribution in [3.8, 4) is 0 Å². The van der Waals surface area contributed by atoms with Crippen LogP contribution >= 0.6 is 12.4 Å². The molecule has 0 spiro atoms. The quantitative estimate of drug-likeness (QED) is 0.550. The predicted molar refractivity (Wildman–Crippen MR) is 136 cm³/mol. The van der Waals surface area contributed by atoms with Crippen LogP contribution in [0.2, 0.25) is 0 Å². The zero-order chi connectivity index (χ0) is 23.8. The van der Waals surface area contributed by atoms with Gasteiger partial charge in [-0.1, -0.05) is 44.5 Å². The lowest BCUT2D eigenvalue weighted by Crippen LogP contribution is -2.43. The van der Waals surface area contributed by atoms with Crippen molar-refractivity contribution in [2.24, 2.45) is 11.8 Å². The lowest BCUT2D eigenvalue weighted by Gasteiger charge is -2.28. The van der Waals surface area contributed by atoms with Gasteiger partial charge in [-0.3, -0.25) is 14.5 Å². The molecule has 0 aliphatic carbocycles. The topological polar surface area (TPSA) is 78.0 Å². The number of nitrogens with zero attached hydrogens (tertiary/aromatic N) is 3. The minimum Gasteiger partial charge on any atom is -0.333 e. The Morgan fingerprint density at radius 1 is 1.09 bits per heavy atom. The smallest absolute Gasteiger partial charge is 0.246 e. The van der Waals surface area contributed by atoms with Crippen molar-refractivity contribution in [1.82, 2.24) is 14.1 Å². The molecule has 2 amide bonds. The van der Waals surface area contributed by atoms with Crippen LogP contribution in [0.25, 0.3) is 6.08 Å². The molecule has 0 saturated carbocycles. The van der Waals surface area contributed by atoms with Gasteiger partial charge < -0.3 is 4.90 Å². The van der Waals surface area contributed by atoms with Crippen LogP contribution in [-0.2, 0) is 26.2 Å². The number of rotatable bonds is 6. The van der Waals surface area contributed by atoms with Gasteiger partial charge in [0.05, 0.1) is 24.3 Å². The van der Waals surface area contributed by atoms with E-state index in [1.807, 2.05) is 26.0 Å². The molecule has 0 aromatic heterocycles. The van der Waals surface area contributed by atoms with Crippen molar-refractivity contribution in [2.45, 2.75) is 58.2 Å². The Kier molecular flexibility index (Phi) is 8.47. The highest BCUT2D eigenvalue weighted by molar-refractivity contribution is 7.88. The molecule has 3 atom stereocenters. The van der Waals surface area contributed by atoms with Crippen LogP contribution in [-0.4, -0.2) is 72.3 Å². The van der Waals surface area contributed by atoms with Gasteiger partial charge in [-0.15, -0.1) is 12.4 Å². The standard InChI is InChI=1S/C25H35N3O4S.ClH/c1-18(2)23-24-21(28(25(23)30)33(3,31)32)13-16-27(24)22(29)12-11-19-7-9-20(10-8-19)17-26-14-5-4-6-15-26;/h7-12,18,21,23-24H,4-6,13-17H2,1-3H3;1H/b12-11+;/t21-,23+,24-;/m0./s1. The number of benzene rings is 1. The zero-order valence-electron chi connectivity index (χ0n) is 20.2. The van der Waals surface area contributed by atoms with E-state index in [-0.39, 0.29) is 30.1 Å². The first-order valence-electron chi connectivity index (χ1n) is 12.0. The zero-order valence-corrected chi connectivity index (χ0v) is 21.9. The summed E-state index contributed by atoms with van der Waals surface area (Å²) < 4.78 is 25.6. The second-order valence-electron chi connectivity index (χ2n) is 9.96. The molecule has 188 valence electrons. The van der Waals surface area contributed by atoms with Crippen LogP contribution in [0.1, 0.15) is 50.7 Å². The lowest BCUT2D eigenvalue weighted by atomic mass is 9.88. The molecule has 3 aliphatic heterocycles. The average molecular weight is 510 g/mol. The number of likely N-dealkylation sites (tertiary alicyclic amines) is 2. The molecule has 3 fully saturated rings. The van der Waals surface area contributed by atoms with E-state index in [0.717, 1.165) is 35.8 Å². The molecule has 9 heteroatoms. The first kappa shape index (κ1) is 26.7. The summed E-state index contributed by atoms with van der Waals surface area (Å²) in [6.07, 6.45) is 8.77. The molecule has 3 saturated heterocycles. The number of hydrogen-bond acceptors (Lipinski definition) is 5. The van der Waals surface area contributed by atoms with Gasteiger partial charge in [0.25, 0.3) is 0 Å². The Bertz CT molecular complexity index is 1020. The molecule has 3 aliphatic rings. The molecular formula is C25H36ClN3O4S. The Balaban J connectivity index is 0.00000324. The molecule has 3 heterocycles. The predicted octanol–water partition coefficient (Wildman–Crippen LogP) is 3.15. The fourth-order valence-corrected chi connectivity index (χ4v) is 6.83.